The normalized spacial score (nSPS) is 14.3. The number of imide groups is 1. The molecule has 1 aliphatic heterocycles. The van der Waals surface area contributed by atoms with E-state index in [1.54, 1.807) is 36.4 Å². The standard InChI is InChI=1S/C30H28INO6S/c1-18(2)21-11-9-19(3)15-25(21)37-14-13-32-28(33)27(39-30(32)35)17-20-10-12-24(26(16-20)36-4)38-29(34)22-7-5-6-8-23(22)31/h5-12,15-18H,13-14H2,1-4H3/b27-17-. The van der Waals surface area contributed by atoms with Crippen molar-refractivity contribution in [1.82, 2.24) is 4.90 Å². The van der Waals surface area contributed by atoms with Crippen LogP contribution in [-0.4, -0.2) is 42.3 Å². The minimum atomic E-state index is -0.499. The highest BCUT2D eigenvalue weighted by atomic mass is 127. The summed E-state index contributed by atoms with van der Waals surface area (Å²) in [6.45, 7) is 6.52. The predicted molar refractivity (Wildman–Crippen MR) is 161 cm³/mol. The number of carbonyl (C=O) groups excluding carboxylic acids is 3. The Kier molecular flexibility index (Phi) is 9.34. The molecule has 0 spiro atoms. The fourth-order valence-electron chi connectivity index (χ4n) is 3.97. The maximum Gasteiger partial charge on any atom is 0.344 e. The molecule has 0 saturated carbocycles. The first kappa shape index (κ1) is 28.7. The predicted octanol–water partition coefficient (Wildman–Crippen LogP) is 7.07. The Bertz CT molecular complexity index is 1450. The Morgan fingerprint density at radius 3 is 2.51 bits per heavy atom. The quantitative estimate of drug-likeness (QED) is 0.105. The van der Waals surface area contributed by atoms with Gasteiger partial charge in [-0.25, -0.2) is 4.79 Å². The minimum absolute atomic E-state index is 0.143. The van der Waals surface area contributed by atoms with Gasteiger partial charge in [0.1, 0.15) is 12.4 Å². The lowest BCUT2D eigenvalue weighted by Crippen LogP contribution is -2.32. The Hall–Kier alpha value is -3.31. The van der Waals surface area contributed by atoms with Gasteiger partial charge in [0.15, 0.2) is 11.5 Å². The van der Waals surface area contributed by atoms with Gasteiger partial charge in [0.2, 0.25) is 0 Å². The van der Waals surface area contributed by atoms with Crippen LogP contribution in [0.1, 0.15) is 46.8 Å². The van der Waals surface area contributed by atoms with Gasteiger partial charge in [-0.1, -0.05) is 44.2 Å². The lowest BCUT2D eigenvalue weighted by Gasteiger charge is -2.17. The summed E-state index contributed by atoms with van der Waals surface area (Å²) in [5, 5.41) is -0.349. The first-order valence-electron chi connectivity index (χ1n) is 12.3. The van der Waals surface area contributed by atoms with Crippen LogP contribution in [0, 0.1) is 10.5 Å². The molecule has 1 heterocycles. The number of amides is 2. The third-order valence-electron chi connectivity index (χ3n) is 6.02. The molecule has 1 fully saturated rings. The van der Waals surface area contributed by atoms with Gasteiger partial charge < -0.3 is 14.2 Å². The molecule has 3 aromatic carbocycles. The number of methoxy groups -OCH3 is 1. The summed E-state index contributed by atoms with van der Waals surface area (Å²) in [7, 11) is 1.47. The van der Waals surface area contributed by atoms with Crippen molar-refractivity contribution in [3.05, 3.63) is 91.4 Å². The van der Waals surface area contributed by atoms with E-state index in [0.717, 1.165) is 32.2 Å². The average Bonchev–Trinajstić information content (AvgIpc) is 3.16. The summed E-state index contributed by atoms with van der Waals surface area (Å²) >= 11 is 2.95. The first-order chi connectivity index (χ1) is 18.7. The number of ether oxygens (including phenoxy) is 3. The molecular weight excluding hydrogens is 629 g/mol. The highest BCUT2D eigenvalue weighted by Gasteiger charge is 2.35. The fraction of sp³-hybridized carbons (Fsp3) is 0.233. The summed E-state index contributed by atoms with van der Waals surface area (Å²) in [4.78, 5) is 39.7. The molecule has 0 aliphatic carbocycles. The number of carbonyl (C=O) groups is 3. The van der Waals surface area contributed by atoms with E-state index in [1.165, 1.54) is 12.0 Å². The lowest BCUT2D eigenvalue weighted by atomic mass is 10.0. The summed E-state index contributed by atoms with van der Waals surface area (Å²) in [5.41, 5.74) is 3.24. The highest BCUT2D eigenvalue weighted by Crippen LogP contribution is 2.35. The van der Waals surface area contributed by atoms with Crippen LogP contribution in [0.2, 0.25) is 0 Å². The second kappa shape index (κ2) is 12.7. The molecule has 0 aromatic heterocycles. The van der Waals surface area contributed by atoms with Crippen LogP contribution in [0.15, 0.2) is 65.6 Å². The molecule has 3 aromatic rings. The van der Waals surface area contributed by atoms with Crippen molar-refractivity contribution in [2.24, 2.45) is 0 Å². The van der Waals surface area contributed by atoms with Crippen molar-refractivity contribution in [1.29, 1.82) is 0 Å². The topological polar surface area (TPSA) is 82.1 Å². The molecule has 0 N–H and O–H groups in total. The SMILES string of the molecule is COc1cc(/C=C2\SC(=O)N(CCOc3cc(C)ccc3C(C)C)C2=O)ccc1OC(=O)c1ccccc1I. The van der Waals surface area contributed by atoms with Crippen molar-refractivity contribution < 1.29 is 28.6 Å². The Morgan fingerprint density at radius 1 is 1.03 bits per heavy atom. The fourth-order valence-corrected chi connectivity index (χ4v) is 5.45. The zero-order valence-electron chi connectivity index (χ0n) is 22.0. The number of hydrogen-bond donors (Lipinski definition) is 0. The number of aryl methyl sites for hydroxylation is 1. The molecule has 2 amide bonds. The van der Waals surface area contributed by atoms with Crippen LogP contribution in [0.25, 0.3) is 6.08 Å². The van der Waals surface area contributed by atoms with Crippen LogP contribution in [0.5, 0.6) is 17.2 Å². The molecule has 9 heteroatoms. The summed E-state index contributed by atoms with van der Waals surface area (Å²) in [5.74, 6) is 0.754. The van der Waals surface area contributed by atoms with Crippen molar-refractivity contribution >= 4 is 57.5 Å². The van der Waals surface area contributed by atoms with Crippen LogP contribution < -0.4 is 14.2 Å². The van der Waals surface area contributed by atoms with E-state index in [4.69, 9.17) is 14.2 Å². The molecule has 0 atom stereocenters. The van der Waals surface area contributed by atoms with Crippen LogP contribution in [0.4, 0.5) is 4.79 Å². The molecule has 1 aliphatic rings. The average molecular weight is 658 g/mol. The van der Waals surface area contributed by atoms with E-state index >= 15 is 0 Å². The van der Waals surface area contributed by atoms with E-state index in [-0.39, 0.29) is 36.0 Å². The number of esters is 1. The van der Waals surface area contributed by atoms with Crippen molar-refractivity contribution in [3.8, 4) is 17.2 Å². The highest BCUT2D eigenvalue weighted by molar-refractivity contribution is 14.1. The molecule has 0 unspecified atom stereocenters. The molecule has 202 valence electrons. The summed E-state index contributed by atoms with van der Waals surface area (Å²) in [6, 6.07) is 18.1. The monoisotopic (exact) mass is 657 g/mol. The molecular formula is C30H28INO6S. The van der Waals surface area contributed by atoms with Crippen LogP contribution in [-0.2, 0) is 4.79 Å². The van der Waals surface area contributed by atoms with E-state index in [1.807, 2.05) is 37.3 Å². The van der Waals surface area contributed by atoms with Gasteiger partial charge >= 0.3 is 5.97 Å². The summed E-state index contributed by atoms with van der Waals surface area (Å²) < 4.78 is 17.7. The number of nitrogens with zero attached hydrogens (tertiary/aromatic N) is 1. The van der Waals surface area contributed by atoms with Crippen molar-refractivity contribution in [2.75, 3.05) is 20.3 Å². The Balaban J connectivity index is 1.44. The van der Waals surface area contributed by atoms with Gasteiger partial charge in [-0.05, 0) is 100 Å². The van der Waals surface area contributed by atoms with E-state index in [2.05, 4.69) is 36.4 Å². The van der Waals surface area contributed by atoms with Gasteiger partial charge in [0.05, 0.1) is 24.1 Å². The second-order valence-electron chi connectivity index (χ2n) is 9.16. The number of rotatable bonds is 9. The zero-order valence-corrected chi connectivity index (χ0v) is 25.0. The molecule has 0 bridgehead atoms. The number of halogens is 1. The van der Waals surface area contributed by atoms with Gasteiger partial charge in [-0.15, -0.1) is 0 Å². The summed E-state index contributed by atoms with van der Waals surface area (Å²) in [6.07, 6.45) is 1.62. The number of hydrogen-bond acceptors (Lipinski definition) is 7. The Morgan fingerprint density at radius 2 is 1.79 bits per heavy atom. The van der Waals surface area contributed by atoms with Crippen LogP contribution in [0.3, 0.4) is 0 Å². The third kappa shape index (κ3) is 6.83. The van der Waals surface area contributed by atoms with Gasteiger partial charge in [0, 0.05) is 3.57 Å². The second-order valence-corrected chi connectivity index (χ2v) is 11.3. The number of benzene rings is 3. The van der Waals surface area contributed by atoms with Crippen LogP contribution >= 0.6 is 34.4 Å². The molecule has 4 rings (SSSR count). The molecule has 1 saturated heterocycles. The smallest absolute Gasteiger partial charge is 0.344 e. The maximum atomic E-state index is 13.0. The van der Waals surface area contributed by atoms with E-state index in [9.17, 15) is 14.4 Å². The first-order valence-corrected chi connectivity index (χ1v) is 14.2. The van der Waals surface area contributed by atoms with E-state index < -0.39 is 5.97 Å². The molecule has 39 heavy (non-hydrogen) atoms. The zero-order chi connectivity index (χ0) is 28.1. The largest absolute Gasteiger partial charge is 0.493 e. The van der Waals surface area contributed by atoms with Crippen molar-refractivity contribution in [3.63, 3.8) is 0 Å². The number of thioether (sulfide) groups is 1. The Labute approximate surface area is 245 Å². The van der Waals surface area contributed by atoms with E-state index in [0.29, 0.717) is 21.8 Å². The van der Waals surface area contributed by atoms with Gasteiger partial charge in [0.25, 0.3) is 11.1 Å². The molecule has 0 radical (unpaired) electrons. The van der Waals surface area contributed by atoms with Crippen molar-refractivity contribution in [2.45, 2.75) is 26.7 Å². The molecule has 7 nitrogen and oxygen atoms in total. The third-order valence-corrected chi connectivity index (χ3v) is 7.87. The lowest BCUT2D eigenvalue weighted by molar-refractivity contribution is -0.123. The maximum absolute atomic E-state index is 13.0. The minimum Gasteiger partial charge on any atom is -0.493 e. The van der Waals surface area contributed by atoms with Gasteiger partial charge in [-0.3, -0.25) is 14.5 Å². The van der Waals surface area contributed by atoms with Gasteiger partial charge in [-0.2, -0.15) is 0 Å².